The van der Waals surface area contributed by atoms with Crippen LogP contribution in [0.2, 0.25) is 0 Å². The Kier molecular flexibility index (Phi) is 9.28. The summed E-state index contributed by atoms with van der Waals surface area (Å²) in [5, 5.41) is 0. The van der Waals surface area contributed by atoms with Crippen LogP contribution in [0.3, 0.4) is 0 Å². The quantitative estimate of drug-likeness (QED) is 0.297. The number of pyridine rings is 1. The van der Waals surface area contributed by atoms with Crippen molar-refractivity contribution >= 4 is 37.7 Å². The van der Waals surface area contributed by atoms with E-state index in [1.165, 1.54) is 0 Å². The number of hydrogen-bond donors (Lipinski definition) is 0. The zero-order valence-corrected chi connectivity index (χ0v) is 22.2. The zero-order valence-electron chi connectivity index (χ0n) is 19.8. The first-order valence-corrected chi connectivity index (χ1v) is 13.9. The maximum absolute atomic E-state index is 13.3. The minimum absolute atomic E-state index is 0.437. The van der Waals surface area contributed by atoms with E-state index in [-0.39, 0.29) is 0 Å². The highest BCUT2D eigenvalue weighted by Crippen LogP contribution is 2.33. The van der Waals surface area contributed by atoms with Gasteiger partial charge in [0.15, 0.2) is 0 Å². The van der Waals surface area contributed by atoms with Crippen LogP contribution in [-0.2, 0) is 14.5 Å². The molecule has 1 aromatic heterocycles. The molecule has 0 spiro atoms. The van der Waals surface area contributed by atoms with E-state index in [0.29, 0.717) is 33.5 Å². The molecule has 1 aromatic carbocycles. The summed E-state index contributed by atoms with van der Waals surface area (Å²) >= 11 is 3.53. The molecule has 0 saturated carbocycles. The Labute approximate surface area is 205 Å². The van der Waals surface area contributed by atoms with Crippen molar-refractivity contribution in [3.63, 3.8) is 0 Å². The average molecular weight is 538 g/mol. The lowest BCUT2D eigenvalue weighted by atomic mass is 9.97. The maximum Gasteiger partial charge on any atom is 0.233 e. The van der Waals surface area contributed by atoms with Gasteiger partial charge in [-0.05, 0) is 79.2 Å². The van der Waals surface area contributed by atoms with Crippen molar-refractivity contribution in [2.24, 2.45) is 15.3 Å². The Morgan fingerprint density at radius 1 is 1.33 bits per heavy atom. The molecule has 1 aliphatic heterocycles. The first-order chi connectivity index (χ1) is 15.8. The second-order valence-corrected chi connectivity index (χ2v) is 11.5. The van der Waals surface area contributed by atoms with Crippen molar-refractivity contribution in [1.29, 1.82) is 0 Å². The maximum atomic E-state index is 13.3. The van der Waals surface area contributed by atoms with Crippen molar-refractivity contribution in [1.82, 2.24) is 9.88 Å². The summed E-state index contributed by atoms with van der Waals surface area (Å²) in [6.45, 7) is 7.05. The molecule has 1 fully saturated rings. The first kappa shape index (κ1) is 25.6. The number of aryl methyl sites for hydroxylation is 1. The molecule has 0 N–H and O–H groups in total. The second-order valence-electron chi connectivity index (χ2n) is 8.27. The lowest BCUT2D eigenvalue weighted by Gasteiger charge is -2.21. The van der Waals surface area contributed by atoms with Crippen LogP contribution in [0.4, 0.5) is 5.69 Å². The molecule has 7 nitrogen and oxygen atoms in total. The van der Waals surface area contributed by atoms with Gasteiger partial charge in [0.25, 0.3) is 0 Å². The van der Waals surface area contributed by atoms with Crippen molar-refractivity contribution in [2.45, 2.75) is 38.0 Å². The molecule has 2 aromatic rings. The summed E-state index contributed by atoms with van der Waals surface area (Å²) in [6.07, 6.45) is 6.54. The minimum atomic E-state index is -2.51. The molecule has 0 bridgehead atoms. The predicted octanol–water partition coefficient (Wildman–Crippen LogP) is 5.83. The molecule has 33 heavy (non-hydrogen) atoms. The van der Waals surface area contributed by atoms with Crippen LogP contribution in [0.1, 0.15) is 31.9 Å². The van der Waals surface area contributed by atoms with E-state index in [1.807, 2.05) is 43.1 Å². The van der Waals surface area contributed by atoms with Crippen LogP contribution in [0, 0.1) is 12.8 Å². The fourth-order valence-corrected chi connectivity index (χ4v) is 5.05. The number of aliphatic imine (C=N–C) groups is 1. The zero-order chi connectivity index (χ0) is 23.8. The summed E-state index contributed by atoms with van der Waals surface area (Å²) in [5.41, 5.74) is 1.52. The number of nitrogens with zero attached hydrogens (tertiary/aromatic N) is 4. The first-order valence-electron chi connectivity index (χ1n) is 11.2. The van der Waals surface area contributed by atoms with Gasteiger partial charge in [-0.3, -0.25) is 0 Å². The molecule has 2 heterocycles. The normalized spacial score (nSPS) is 16.5. The van der Waals surface area contributed by atoms with Crippen LogP contribution >= 0.6 is 15.9 Å². The lowest BCUT2D eigenvalue weighted by molar-refractivity contribution is 0.0647. The van der Waals surface area contributed by atoms with Gasteiger partial charge in [-0.15, -0.1) is 0 Å². The molecule has 1 aliphatic rings. The summed E-state index contributed by atoms with van der Waals surface area (Å²) in [6, 6.07) is 9.17. The lowest BCUT2D eigenvalue weighted by Crippen LogP contribution is -2.16. The monoisotopic (exact) mass is 536 g/mol. The van der Waals surface area contributed by atoms with Crippen molar-refractivity contribution in [2.75, 3.05) is 39.6 Å². The Balaban J connectivity index is 1.72. The number of ether oxygens (including phenoxy) is 2. The Hall–Kier alpha value is -1.97. The third-order valence-corrected chi connectivity index (χ3v) is 8.05. The molecule has 0 amide bonds. The van der Waals surface area contributed by atoms with Crippen molar-refractivity contribution in [3.8, 4) is 11.6 Å². The smallest absolute Gasteiger partial charge is 0.233 e. The summed E-state index contributed by atoms with van der Waals surface area (Å²) < 4.78 is 29.9. The third-order valence-electron chi connectivity index (χ3n) is 5.67. The second kappa shape index (κ2) is 11.9. The van der Waals surface area contributed by atoms with Gasteiger partial charge in [0.2, 0.25) is 5.88 Å². The molecular weight excluding hydrogens is 504 g/mol. The van der Waals surface area contributed by atoms with Gasteiger partial charge in [-0.25, -0.2) is 18.5 Å². The number of benzene rings is 1. The predicted molar refractivity (Wildman–Crippen MR) is 137 cm³/mol. The van der Waals surface area contributed by atoms with Gasteiger partial charge in [-0.1, -0.05) is 6.07 Å². The fourth-order valence-electron chi connectivity index (χ4n) is 3.40. The van der Waals surface area contributed by atoms with Crippen LogP contribution in [0.15, 0.2) is 49.1 Å². The third kappa shape index (κ3) is 7.52. The van der Waals surface area contributed by atoms with E-state index in [0.717, 1.165) is 50.4 Å². The molecule has 9 heteroatoms. The van der Waals surface area contributed by atoms with Gasteiger partial charge in [0, 0.05) is 39.6 Å². The van der Waals surface area contributed by atoms with Crippen LogP contribution in [0.5, 0.6) is 11.6 Å². The van der Waals surface area contributed by atoms with E-state index >= 15 is 0 Å². The summed E-state index contributed by atoms with van der Waals surface area (Å²) in [5.74, 6) is 1.61. The fraction of sp³-hybridized carbons (Fsp3) is 0.500. The SMILES string of the molecule is CCN(C)/C=N\c1cc(Br)c(Oc2cccc(S(C)(=O)=NCCC3CCOCC3)c2)nc1C. The molecule has 1 atom stereocenters. The van der Waals surface area contributed by atoms with Crippen LogP contribution in [0.25, 0.3) is 0 Å². The van der Waals surface area contributed by atoms with E-state index < -0.39 is 9.73 Å². The standard InChI is InChI=1S/C24H33BrN4O3S/c1-5-29(3)17-26-23-16-22(25)24(28-18(23)2)32-20-7-6-8-21(15-20)33(4,30)27-12-9-19-10-13-31-14-11-19/h6-8,15-17,19H,5,9-14H2,1-4H3/b26-17-. The van der Waals surface area contributed by atoms with Crippen LogP contribution < -0.4 is 4.74 Å². The Morgan fingerprint density at radius 3 is 2.82 bits per heavy atom. The molecular formula is C24H33BrN4O3S. The van der Waals surface area contributed by atoms with E-state index in [1.54, 1.807) is 18.7 Å². The summed E-state index contributed by atoms with van der Waals surface area (Å²) in [4.78, 5) is 11.7. The number of rotatable bonds is 9. The number of hydrogen-bond acceptors (Lipinski definition) is 6. The highest BCUT2D eigenvalue weighted by Gasteiger charge is 2.15. The Morgan fingerprint density at radius 2 is 2.09 bits per heavy atom. The Bertz CT molecular complexity index is 1090. The molecule has 1 saturated heterocycles. The highest BCUT2D eigenvalue weighted by atomic mass is 79.9. The number of halogens is 1. The molecule has 180 valence electrons. The number of aromatic nitrogens is 1. The summed E-state index contributed by atoms with van der Waals surface area (Å²) in [7, 11) is -0.544. The highest BCUT2D eigenvalue weighted by molar-refractivity contribution is 9.10. The molecule has 3 rings (SSSR count). The molecule has 0 aliphatic carbocycles. The van der Waals surface area contributed by atoms with Crippen molar-refractivity contribution < 1.29 is 13.7 Å². The molecule has 0 radical (unpaired) electrons. The van der Waals surface area contributed by atoms with E-state index in [2.05, 4.69) is 37.2 Å². The van der Waals surface area contributed by atoms with Gasteiger partial charge in [-0.2, -0.15) is 0 Å². The van der Waals surface area contributed by atoms with E-state index in [9.17, 15) is 4.21 Å². The largest absolute Gasteiger partial charge is 0.438 e. The van der Waals surface area contributed by atoms with Gasteiger partial charge >= 0.3 is 0 Å². The van der Waals surface area contributed by atoms with Crippen molar-refractivity contribution in [3.05, 3.63) is 40.5 Å². The molecule has 1 unspecified atom stereocenters. The topological polar surface area (TPSA) is 76.4 Å². The van der Waals surface area contributed by atoms with E-state index in [4.69, 9.17) is 9.47 Å². The minimum Gasteiger partial charge on any atom is -0.438 e. The average Bonchev–Trinajstić information content (AvgIpc) is 2.81. The van der Waals surface area contributed by atoms with Gasteiger partial charge in [0.1, 0.15) is 5.75 Å². The van der Waals surface area contributed by atoms with Crippen LogP contribution in [-0.4, -0.2) is 60.0 Å². The van der Waals surface area contributed by atoms with Gasteiger partial charge in [0.05, 0.1) is 36.8 Å². The van der Waals surface area contributed by atoms with Gasteiger partial charge < -0.3 is 14.4 Å².